The van der Waals surface area contributed by atoms with E-state index in [2.05, 4.69) is 270 Å². The lowest BCUT2D eigenvalue weighted by Gasteiger charge is -2.45. The Labute approximate surface area is 488 Å². The summed E-state index contributed by atoms with van der Waals surface area (Å²) in [4.78, 5) is 7.31. The van der Waals surface area contributed by atoms with Gasteiger partial charge in [-0.2, -0.15) is 0 Å². The van der Waals surface area contributed by atoms with Gasteiger partial charge in [-0.15, -0.1) is 0 Å². The Bertz CT molecular complexity index is 4220. The van der Waals surface area contributed by atoms with Crippen molar-refractivity contribution in [3.8, 4) is 56.4 Å². The molecule has 1 aliphatic carbocycles. The Kier molecular flexibility index (Phi) is 11.6. The van der Waals surface area contributed by atoms with E-state index in [1.165, 1.54) is 55.4 Å². The van der Waals surface area contributed by atoms with Crippen molar-refractivity contribution >= 4 is 74.3 Å². The van der Waals surface area contributed by atoms with Crippen LogP contribution in [0.1, 0.15) is 77.6 Å². The number of rotatable bonds is 7. The number of benzene rings is 10. The third-order valence-corrected chi connectivity index (χ3v) is 17.9. The Balaban J connectivity index is 0.954. The van der Waals surface area contributed by atoms with E-state index in [9.17, 15) is 0 Å². The predicted molar refractivity (Wildman–Crippen MR) is 343 cm³/mol. The highest BCUT2D eigenvalue weighted by atomic mass is 16.6. The van der Waals surface area contributed by atoms with Crippen LogP contribution in [0.4, 0.5) is 51.2 Å². The van der Waals surface area contributed by atoms with E-state index in [0.717, 1.165) is 85.0 Å². The fourth-order valence-corrected chi connectivity index (χ4v) is 13.6. The van der Waals surface area contributed by atoms with Crippen molar-refractivity contribution in [3.63, 3.8) is 0 Å². The summed E-state index contributed by atoms with van der Waals surface area (Å²) in [7, 11) is 0. The van der Waals surface area contributed by atoms with Crippen LogP contribution in [0, 0.1) is 0 Å². The first-order valence-corrected chi connectivity index (χ1v) is 29.3. The molecule has 0 atom stereocenters. The summed E-state index contributed by atoms with van der Waals surface area (Å²) in [6.07, 6.45) is 0. The minimum Gasteiger partial charge on any atom is -0.486 e. The maximum atomic E-state index is 6.82. The Hall–Kier alpha value is -9.14. The molecule has 0 unspecified atom stereocenters. The fourth-order valence-electron chi connectivity index (χ4n) is 13.6. The summed E-state index contributed by atoms with van der Waals surface area (Å²) in [5.41, 5.74) is 25.2. The molecule has 0 fully saturated rings. The summed E-state index contributed by atoms with van der Waals surface area (Å²) in [5, 5.41) is 0. The summed E-state index contributed by atoms with van der Waals surface area (Å²) in [5.74, 6) is 2.89. The molecule has 408 valence electrons. The van der Waals surface area contributed by atoms with Gasteiger partial charge in [-0.3, -0.25) is 0 Å². The zero-order valence-corrected chi connectivity index (χ0v) is 48.5. The summed E-state index contributed by atoms with van der Waals surface area (Å²) in [6.45, 7) is 20.2. The molecule has 0 bridgehead atoms. The van der Waals surface area contributed by atoms with Gasteiger partial charge in [-0.1, -0.05) is 177 Å². The van der Waals surface area contributed by atoms with E-state index in [1.807, 2.05) is 6.07 Å². The van der Waals surface area contributed by atoms with Gasteiger partial charge in [-0.25, -0.2) is 0 Å². The standard InChI is InChI=1S/C75H66BN3O4/c1-73(2,3)51-25-32-55(33-26-51)78-63-37-27-52(74(4,5)6)45-62(63)76-61-36-38-68-72(83-42-40-81-68)70(61)79(64-19-14-20-67-71(64)82-41-39-80-67)66-44-50(43-65(78)69(66)76)49-23-30-54(31-24-49)77(53-28-21-48(22-29-53)47-15-10-9-11-16-47)56-34-35-58-57-17-12-13-18-59(57)75(7,8)60(58)46-56/h9-38,43-46H,39-42H2,1-8H3. The van der Waals surface area contributed by atoms with Crippen LogP contribution in [-0.2, 0) is 16.2 Å². The number of hydrogen-bond acceptors (Lipinski definition) is 7. The summed E-state index contributed by atoms with van der Waals surface area (Å²) >= 11 is 0. The number of hydrogen-bond donors (Lipinski definition) is 0. The van der Waals surface area contributed by atoms with Crippen LogP contribution in [0.5, 0.6) is 23.0 Å². The van der Waals surface area contributed by atoms with Gasteiger partial charge >= 0.3 is 0 Å². The van der Waals surface area contributed by atoms with Crippen LogP contribution in [-0.4, -0.2) is 33.1 Å². The first-order chi connectivity index (χ1) is 40.2. The van der Waals surface area contributed by atoms with Gasteiger partial charge in [0.15, 0.2) is 23.0 Å². The molecule has 0 aromatic heterocycles. The SMILES string of the molecule is CC(C)(C)c1ccc(N2c3ccc(C(C)(C)C)cc3B3c4ccc5c(c4N(c4cccc6c4OCCO6)c4cc(-c6ccc(N(c7ccc(-c8ccccc8)cc7)c7ccc8c(c7)C(C)(C)c7ccccc7-8)cc6)cc2c43)OCCO5)cc1. The first-order valence-electron chi connectivity index (χ1n) is 29.3. The van der Waals surface area contributed by atoms with Gasteiger partial charge in [0.05, 0.1) is 11.4 Å². The van der Waals surface area contributed by atoms with Gasteiger partial charge in [-0.05, 0) is 168 Å². The highest BCUT2D eigenvalue weighted by Crippen LogP contribution is 2.55. The molecular formula is C75H66BN3O4. The number of para-hydroxylation sites is 1. The normalized spacial score (nSPS) is 15.0. The molecule has 0 amide bonds. The monoisotopic (exact) mass is 1080 g/mol. The van der Waals surface area contributed by atoms with Crippen LogP contribution < -0.4 is 50.0 Å². The molecule has 0 radical (unpaired) electrons. The zero-order valence-electron chi connectivity index (χ0n) is 48.5. The van der Waals surface area contributed by atoms with Crippen molar-refractivity contribution in [2.75, 3.05) is 41.1 Å². The third kappa shape index (κ3) is 8.23. The van der Waals surface area contributed by atoms with Gasteiger partial charge in [0, 0.05) is 45.2 Å². The third-order valence-electron chi connectivity index (χ3n) is 17.9. The van der Waals surface area contributed by atoms with Crippen molar-refractivity contribution in [2.24, 2.45) is 0 Å². The van der Waals surface area contributed by atoms with E-state index in [-0.39, 0.29) is 23.0 Å². The number of fused-ring (bicyclic) bond motifs is 10. The maximum absolute atomic E-state index is 6.82. The Morgan fingerprint density at radius 1 is 0.410 bits per heavy atom. The zero-order chi connectivity index (χ0) is 56.5. The number of ether oxygens (including phenoxy) is 4. The molecule has 7 nitrogen and oxygen atoms in total. The number of nitrogens with zero attached hydrogens (tertiary/aromatic N) is 3. The summed E-state index contributed by atoms with van der Waals surface area (Å²) < 4.78 is 26.3. The minimum absolute atomic E-state index is 0.0177. The fraction of sp³-hybridized carbons (Fsp3) is 0.200. The predicted octanol–water partition coefficient (Wildman–Crippen LogP) is 17.0. The molecule has 0 spiro atoms. The summed E-state index contributed by atoms with van der Waals surface area (Å²) in [6, 6.07) is 76.6. The van der Waals surface area contributed by atoms with E-state index in [0.29, 0.717) is 32.2 Å². The highest BCUT2D eigenvalue weighted by Gasteiger charge is 2.47. The highest BCUT2D eigenvalue weighted by molar-refractivity contribution is 7.00. The lowest BCUT2D eigenvalue weighted by atomic mass is 9.33. The van der Waals surface area contributed by atoms with E-state index in [1.54, 1.807) is 0 Å². The van der Waals surface area contributed by atoms with Gasteiger partial charge in [0.2, 0.25) is 0 Å². The van der Waals surface area contributed by atoms with E-state index in [4.69, 9.17) is 18.9 Å². The molecule has 0 saturated heterocycles. The molecule has 10 aromatic carbocycles. The lowest BCUT2D eigenvalue weighted by molar-refractivity contribution is 0.171. The van der Waals surface area contributed by atoms with E-state index >= 15 is 0 Å². The second kappa shape index (κ2) is 19.0. The lowest BCUT2D eigenvalue weighted by Crippen LogP contribution is -2.61. The van der Waals surface area contributed by atoms with Crippen molar-refractivity contribution in [1.29, 1.82) is 0 Å². The molecule has 83 heavy (non-hydrogen) atoms. The largest absolute Gasteiger partial charge is 0.486 e. The Morgan fingerprint density at radius 2 is 0.988 bits per heavy atom. The average Bonchev–Trinajstić information content (AvgIpc) is 1.41. The molecule has 15 rings (SSSR count). The smallest absolute Gasteiger partial charge is 0.252 e. The van der Waals surface area contributed by atoms with Crippen molar-refractivity contribution in [1.82, 2.24) is 0 Å². The Morgan fingerprint density at radius 3 is 1.69 bits per heavy atom. The molecule has 4 heterocycles. The van der Waals surface area contributed by atoms with Gasteiger partial charge < -0.3 is 33.6 Å². The van der Waals surface area contributed by atoms with Crippen molar-refractivity contribution in [2.45, 2.75) is 71.6 Å². The van der Waals surface area contributed by atoms with Crippen LogP contribution in [0.15, 0.2) is 206 Å². The number of anilines is 9. The van der Waals surface area contributed by atoms with Gasteiger partial charge in [0.1, 0.15) is 26.4 Å². The van der Waals surface area contributed by atoms with Crippen molar-refractivity contribution in [3.05, 3.63) is 229 Å². The molecule has 8 heteroatoms. The topological polar surface area (TPSA) is 46.6 Å². The maximum Gasteiger partial charge on any atom is 0.252 e. The quantitative estimate of drug-likeness (QED) is 0.147. The van der Waals surface area contributed by atoms with Crippen LogP contribution in [0.2, 0.25) is 0 Å². The second-order valence-electron chi connectivity index (χ2n) is 25.4. The molecule has 4 aliphatic heterocycles. The minimum atomic E-state index is -0.163. The molecule has 0 saturated carbocycles. The molecular weight excluding hydrogens is 1020 g/mol. The van der Waals surface area contributed by atoms with Gasteiger partial charge in [0.25, 0.3) is 6.71 Å². The van der Waals surface area contributed by atoms with Crippen LogP contribution in [0.3, 0.4) is 0 Å². The average molecular weight is 1080 g/mol. The van der Waals surface area contributed by atoms with Crippen LogP contribution in [0.25, 0.3) is 33.4 Å². The van der Waals surface area contributed by atoms with Crippen LogP contribution >= 0.6 is 0 Å². The van der Waals surface area contributed by atoms with E-state index < -0.39 is 0 Å². The molecule has 10 aromatic rings. The van der Waals surface area contributed by atoms with Crippen molar-refractivity contribution < 1.29 is 18.9 Å². The molecule has 0 N–H and O–H groups in total. The first kappa shape index (κ1) is 50.8. The molecule has 5 aliphatic rings. The second-order valence-corrected chi connectivity index (χ2v) is 25.4.